The van der Waals surface area contributed by atoms with Crippen molar-refractivity contribution >= 4 is 16.9 Å². The smallest absolute Gasteiger partial charge is 0.335 e. The molecule has 164 valence electrons. The van der Waals surface area contributed by atoms with Gasteiger partial charge in [0.25, 0.3) is 0 Å². The van der Waals surface area contributed by atoms with Crippen molar-refractivity contribution in [3.63, 3.8) is 0 Å². The van der Waals surface area contributed by atoms with Crippen LogP contribution < -0.4 is 4.74 Å². The first-order valence-electron chi connectivity index (χ1n) is 10.8. The molecule has 2 heterocycles. The number of hydrogen-bond donors (Lipinski definition) is 2. The highest BCUT2D eigenvalue weighted by Gasteiger charge is 2.30. The van der Waals surface area contributed by atoms with Gasteiger partial charge in [0.15, 0.2) is 0 Å². The largest absolute Gasteiger partial charge is 0.496 e. The first-order chi connectivity index (χ1) is 14.9. The summed E-state index contributed by atoms with van der Waals surface area (Å²) in [4.78, 5) is 19.6. The zero-order chi connectivity index (χ0) is 22.1. The summed E-state index contributed by atoms with van der Waals surface area (Å²) in [6, 6.07) is 12.2. The number of carbonyl (C=O) groups is 1. The van der Waals surface area contributed by atoms with Crippen LogP contribution in [0.1, 0.15) is 46.9 Å². The van der Waals surface area contributed by atoms with E-state index in [-0.39, 0.29) is 6.04 Å². The molecule has 1 saturated heterocycles. The van der Waals surface area contributed by atoms with Crippen LogP contribution in [0.5, 0.6) is 5.75 Å². The van der Waals surface area contributed by atoms with Gasteiger partial charge in [-0.3, -0.25) is 9.80 Å². The molecule has 1 fully saturated rings. The Morgan fingerprint density at radius 1 is 1.23 bits per heavy atom. The number of benzene rings is 2. The van der Waals surface area contributed by atoms with Crippen molar-refractivity contribution in [1.29, 1.82) is 0 Å². The van der Waals surface area contributed by atoms with Crippen molar-refractivity contribution < 1.29 is 14.6 Å². The number of fused-ring (bicyclic) bond motifs is 1. The number of piperazine rings is 1. The zero-order valence-corrected chi connectivity index (χ0v) is 18.7. The fraction of sp³-hybridized carbons (Fsp3) is 0.400. The minimum Gasteiger partial charge on any atom is -0.496 e. The number of aromatic carboxylic acids is 1. The highest BCUT2D eigenvalue weighted by atomic mass is 16.5. The summed E-state index contributed by atoms with van der Waals surface area (Å²) >= 11 is 0. The van der Waals surface area contributed by atoms with E-state index in [2.05, 4.69) is 47.7 Å². The predicted molar refractivity (Wildman–Crippen MR) is 123 cm³/mol. The third-order valence-electron chi connectivity index (χ3n) is 6.49. The second-order valence-electron chi connectivity index (χ2n) is 8.64. The minimum atomic E-state index is -0.893. The van der Waals surface area contributed by atoms with E-state index in [0.717, 1.165) is 43.0 Å². The normalized spacial score (nSPS) is 18.0. The number of rotatable bonds is 6. The number of ether oxygens (including phenoxy) is 1. The lowest BCUT2D eigenvalue weighted by molar-refractivity contribution is 0.0504. The van der Waals surface area contributed by atoms with Crippen molar-refractivity contribution in [3.8, 4) is 5.75 Å². The van der Waals surface area contributed by atoms with Crippen molar-refractivity contribution in [2.45, 2.75) is 39.4 Å². The molecule has 0 aliphatic carbocycles. The molecule has 0 amide bonds. The highest BCUT2D eigenvalue weighted by molar-refractivity contribution is 5.88. The lowest BCUT2D eigenvalue weighted by Gasteiger charge is -2.43. The van der Waals surface area contributed by atoms with E-state index >= 15 is 0 Å². The Bertz CT molecular complexity index is 1070. The fourth-order valence-corrected chi connectivity index (χ4v) is 4.65. The summed E-state index contributed by atoms with van der Waals surface area (Å²) in [5.74, 6) is 0.0194. The molecule has 31 heavy (non-hydrogen) atoms. The number of nitrogens with one attached hydrogen (secondary N) is 1. The van der Waals surface area contributed by atoms with Crippen LogP contribution in [0.4, 0.5) is 0 Å². The zero-order valence-electron chi connectivity index (χ0n) is 18.7. The van der Waals surface area contributed by atoms with E-state index in [1.165, 1.54) is 16.5 Å². The first-order valence-corrected chi connectivity index (χ1v) is 10.8. The molecule has 1 aliphatic rings. The van der Waals surface area contributed by atoms with Crippen LogP contribution in [0.15, 0.2) is 42.6 Å². The third kappa shape index (κ3) is 4.18. The maximum absolute atomic E-state index is 11.3. The van der Waals surface area contributed by atoms with Gasteiger partial charge < -0.3 is 14.8 Å². The molecule has 0 radical (unpaired) electrons. The molecule has 1 aromatic heterocycles. The summed E-state index contributed by atoms with van der Waals surface area (Å²) < 4.78 is 5.77. The molecular weight excluding hydrogens is 390 g/mol. The first kappa shape index (κ1) is 21.4. The van der Waals surface area contributed by atoms with Gasteiger partial charge in [0.2, 0.25) is 0 Å². The van der Waals surface area contributed by atoms with Crippen molar-refractivity contribution in [2.75, 3.05) is 26.7 Å². The maximum atomic E-state index is 11.3. The van der Waals surface area contributed by atoms with E-state index in [4.69, 9.17) is 4.74 Å². The quantitative estimate of drug-likeness (QED) is 0.615. The van der Waals surface area contributed by atoms with Gasteiger partial charge in [0.05, 0.1) is 12.7 Å². The molecule has 1 atom stereocenters. The minimum absolute atomic E-state index is 0.180. The Morgan fingerprint density at radius 3 is 2.61 bits per heavy atom. The standard InChI is InChI=1S/C25H31N3O3/c1-16(2)27-11-12-28(22(15-27)18-5-7-19(8-6-18)25(29)30)14-21-20-9-10-26-24(20)17(3)13-23(21)31-4/h5-10,13,16,22,26H,11-12,14-15H2,1-4H3,(H,29,30). The molecule has 1 unspecified atom stereocenters. The maximum Gasteiger partial charge on any atom is 0.335 e. The lowest BCUT2D eigenvalue weighted by Crippen LogP contribution is -2.50. The van der Waals surface area contributed by atoms with Crippen molar-refractivity contribution in [1.82, 2.24) is 14.8 Å². The monoisotopic (exact) mass is 421 g/mol. The van der Waals surface area contributed by atoms with E-state index in [1.54, 1.807) is 19.2 Å². The number of aromatic amines is 1. The lowest BCUT2D eigenvalue weighted by atomic mass is 9.98. The fourth-order valence-electron chi connectivity index (χ4n) is 4.65. The van der Waals surface area contributed by atoms with E-state index in [9.17, 15) is 9.90 Å². The molecule has 2 N–H and O–H groups in total. The predicted octanol–water partition coefficient (Wildman–Crippen LogP) is 4.45. The Morgan fingerprint density at radius 2 is 1.97 bits per heavy atom. The van der Waals surface area contributed by atoms with Gasteiger partial charge in [-0.25, -0.2) is 4.79 Å². The Kier molecular flexibility index (Phi) is 6.03. The van der Waals surface area contributed by atoms with Gasteiger partial charge in [0.1, 0.15) is 5.75 Å². The topological polar surface area (TPSA) is 68.8 Å². The number of carboxylic acid groups (broad SMARTS) is 1. The number of nitrogens with zero attached hydrogens (tertiary/aromatic N) is 2. The Balaban J connectivity index is 1.70. The number of hydrogen-bond acceptors (Lipinski definition) is 4. The summed E-state index contributed by atoms with van der Waals surface area (Å²) in [6.07, 6.45) is 1.99. The average Bonchev–Trinajstić information content (AvgIpc) is 3.26. The molecule has 6 heteroatoms. The average molecular weight is 422 g/mol. The molecule has 4 rings (SSSR count). The van der Waals surface area contributed by atoms with E-state index in [0.29, 0.717) is 11.6 Å². The van der Waals surface area contributed by atoms with Crippen LogP contribution in [-0.4, -0.2) is 58.6 Å². The van der Waals surface area contributed by atoms with Crippen LogP contribution in [0.25, 0.3) is 10.9 Å². The number of aryl methyl sites for hydroxylation is 1. The summed E-state index contributed by atoms with van der Waals surface area (Å²) in [5.41, 5.74) is 4.98. The van der Waals surface area contributed by atoms with Crippen LogP contribution in [-0.2, 0) is 6.54 Å². The molecular formula is C25H31N3O3. The van der Waals surface area contributed by atoms with E-state index in [1.807, 2.05) is 18.3 Å². The van der Waals surface area contributed by atoms with Gasteiger partial charge in [-0.1, -0.05) is 12.1 Å². The highest BCUT2D eigenvalue weighted by Crippen LogP contribution is 2.35. The Labute approximate surface area is 183 Å². The van der Waals surface area contributed by atoms with Crippen LogP contribution in [0, 0.1) is 6.92 Å². The molecule has 2 aromatic carbocycles. The van der Waals surface area contributed by atoms with Gasteiger partial charge in [-0.2, -0.15) is 0 Å². The number of aromatic nitrogens is 1. The summed E-state index contributed by atoms with van der Waals surface area (Å²) in [7, 11) is 1.73. The number of H-pyrrole nitrogens is 1. The van der Waals surface area contributed by atoms with Gasteiger partial charge in [0, 0.05) is 60.9 Å². The molecule has 0 saturated carbocycles. The van der Waals surface area contributed by atoms with E-state index < -0.39 is 5.97 Å². The van der Waals surface area contributed by atoms with Gasteiger partial charge in [-0.15, -0.1) is 0 Å². The van der Waals surface area contributed by atoms with Crippen LogP contribution in [0.2, 0.25) is 0 Å². The van der Waals surface area contributed by atoms with Gasteiger partial charge in [-0.05, 0) is 56.2 Å². The number of methoxy groups -OCH3 is 1. The van der Waals surface area contributed by atoms with Gasteiger partial charge >= 0.3 is 5.97 Å². The van der Waals surface area contributed by atoms with Crippen molar-refractivity contribution in [3.05, 3.63) is 64.8 Å². The third-order valence-corrected chi connectivity index (χ3v) is 6.49. The molecule has 0 spiro atoms. The SMILES string of the molecule is COc1cc(C)c2[nH]ccc2c1CN1CCN(C(C)C)CC1c1ccc(C(=O)O)cc1. The summed E-state index contributed by atoms with van der Waals surface area (Å²) in [6.45, 7) is 10.2. The number of carboxylic acids is 1. The van der Waals surface area contributed by atoms with Crippen LogP contribution in [0.3, 0.4) is 0 Å². The molecule has 0 bridgehead atoms. The molecule has 1 aliphatic heterocycles. The summed E-state index contributed by atoms with van der Waals surface area (Å²) in [5, 5.41) is 10.5. The second kappa shape index (κ2) is 8.73. The molecule has 6 nitrogen and oxygen atoms in total. The van der Waals surface area contributed by atoms with Crippen LogP contribution >= 0.6 is 0 Å². The Hall–Kier alpha value is -2.83. The molecule has 3 aromatic rings. The van der Waals surface area contributed by atoms with Crippen molar-refractivity contribution in [2.24, 2.45) is 0 Å². The second-order valence-corrected chi connectivity index (χ2v) is 8.64.